The minimum atomic E-state index is -3.18. The molecule has 0 saturated heterocycles. The molecule has 1 fully saturated rings. The maximum absolute atomic E-state index is 13.6. The van der Waals surface area contributed by atoms with E-state index in [0.717, 1.165) is 18.9 Å². The highest BCUT2D eigenvalue weighted by Gasteiger charge is 2.37. The number of hydrogen-bond acceptors (Lipinski definition) is 1. The average molecular weight is 252 g/mol. The molecule has 1 unspecified atom stereocenters. The summed E-state index contributed by atoms with van der Waals surface area (Å²) in [7, 11) is 0. The van der Waals surface area contributed by atoms with Crippen LogP contribution in [0.5, 0.6) is 0 Å². The van der Waals surface area contributed by atoms with Gasteiger partial charge in [-0.15, -0.1) is 0 Å². The third-order valence-electron chi connectivity index (χ3n) is 3.44. The molecule has 0 spiro atoms. The molecule has 0 amide bonds. The lowest BCUT2D eigenvalue weighted by molar-refractivity contribution is -0.106. The Balaban J connectivity index is 2.12. The van der Waals surface area contributed by atoms with Gasteiger partial charge in [0.15, 0.2) is 0 Å². The van der Waals surface area contributed by atoms with Gasteiger partial charge < -0.3 is 5.11 Å². The van der Waals surface area contributed by atoms with Crippen LogP contribution in [0.1, 0.15) is 37.8 Å². The third-order valence-corrected chi connectivity index (χ3v) is 3.44. The van der Waals surface area contributed by atoms with Crippen molar-refractivity contribution in [3.05, 3.63) is 46.5 Å². The minimum absolute atomic E-state index is 0.127. The number of halogens is 2. The molecular weight excluding hydrogens is 234 g/mol. The van der Waals surface area contributed by atoms with Crippen LogP contribution in [0.4, 0.5) is 8.78 Å². The van der Waals surface area contributed by atoms with Crippen LogP contribution >= 0.6 is 0 Å². The van der Waals surface area contributed by atoms with E-state index >= 15 is 0 Å². The molecule has 1 aliphatic rings. The van der Waals surface area contributed by atoms with E-state index in [4.69, 9.17) is 5.11 Å². The lowest BCUT2D eigenvalue weighted by Gasteiger charge is -2.19. The van der Waals surface area contributed by atoms with E-state index in [0.29, 0.717) is 0 Å². The zero-order valence-corrected chi connectivity index (χ0v) is 10.7. The Kier molecular flexibility index (Phi) is 3.53. The normalized spacial score (nSPS) is 16.6. The van der Waals surface area contributed by atoms with Gasteiger partial charge in [0, 0.05) is 5.56 Å². The molecule has 1 aromatic rings. The molecule has 1 aromatic carbocycles. The van der Waals surface area contributed by atoms with Crippen molar-refractivity contribution in [3.8, 4) is 0 Å². The fourth-order valence-corrected chi connectivity index (χ4v) is 2.01. The van der Waals surface area contributed by atoms with Crippen molar-refractivity contribution in [2.45, 2.75) is 45.1 Å². The first-order valence-electron chi connectivity index (χ1n) is 6.24. The van der Waals surface area contributed by atoms with E-state index in [1.54, 1.807) is 12.1 Å². The fourth-order valence-electron chi connectivity index (χ4n) is 2.01. The largest absolute Gasteiger partial charge is 0.387 e. The van der Waals surface area contributed by atoms with Gasteiger partial charge in [0.2, 0.25) is 0 Å². The Labute approximate surface area is 106 Å². The number of allylic oxidation sites excluding steroid dienone is 2. The topological polar surface area (TPSA) is 20.2 Å². The maximum atomic E-state index is 13.6. The summed E-state index contributed by atoms with van der Waals surface area (Å²) in [4.78, 5) is 0. The second kappa shape index (κ2) is 4.81. The van der Waals surface area contributed by atoms with Gasteiger partial charge in [-0.2, -0.15) is 8.78 Å². The zero-order valence-electron chi connectivity index (χ0n) is 10.7. The van der Waals surface area contributed by atoms with Crippen LogP contribution in [0.15, 0.2) is 35.4 Å². The first kappa shape index (κ1) is 13.2. The van der Waals surface area contributed by atoms with Crippen molar-refractivity contribution >= 4 is 0 Å². The molecule has 1 aliphatic carbocycles. The van der Waals surface area contributed by atoms with E-state index in [9.17, 15) is 8.78 Å². The summed E-state index contributed by atoms with van der Waals surface area (Å²) in [5.74, 6) is -3.18. The van der Waals surface area contributed by atoms with E-state index in [1.807, 2.05) is 0 Å². The summed E-state index contributed by atoms with van der Waals surface area (Å²) in [6.45, 7) is 3.20. The quantitative estimate of drug-likeness (QED) is 0.808. The summed E-state index contributed by atoms with van der Waals surface area (Å²) in [5, 5.41) is 9.07. The molecule has 0 heterocycles. The van der Waals surface area contributed by atoms with Gasteiger partial charge in [0.25, 0.3) is 5.92 Å². The predicted molar refractivity (Wildman–Crippen MR) is 67.7 cm³/mol. The van der Waals surface area contributed by atoms with Crippen LogP contribution in [0.25, 0.3) is 0 Å². The Bertz CT molecular complexity index is 452. The van der Waals surface area contributed by atoms with Crippen LogP contribution in [-0.2, 0) is 12.3 Å². The second-order valence-electron chi connectivity index (χ2n) is 5.06. The lowest BCUT2D eigenvalue weighted by Crippen LogP contribution is -2.27. The van der Waals surface area contributed by atoms with Gasteiger partial charge in [-0.3, -0.25) is 0 Å². The smallest absolute Gasteiger partial charge is 0.298 e. The molecule has 1 N–H and O–H groups in total. The molecule has 0 aliphatic heterocycles. The summed E-state index contributed by atoms with van der Waals surface area (Å²) < 4.78 is 27.1. The standard InChI is InChI=1S/C15H18F2O/c1-10(13-5-6-13)9-12-3-7-14(8-4-12)15(16,17)11(2)18/h3-4,7-8,11,18H,5-6,9H2,1-2H3. The molecular formula is C15H18F2O. The molecule has 3 heteroatoms. The van der Waals surface area contributed by atoms with Gasteiger partial charge in [-0.25, -0.2) is 0 Å². The first-order chi connectivity index (χ1) is 8.41. The summed E-state index contributed by atoms with van der Waals surface area (Å²) in [6, 6.07) is 6.26. The van der Waals surface area contributed by atoms with Gasteiger partial charge in [0.05, 0.1) is 0 Å². The SMILES string of the molecule is CC(Cc1ccc(C(F)(F)C(C)O)cc1)=C1CC1. The number of alkyl halides is 2. The maximum Gasteiger partial charge on any atom is 0.298 e. The highest BCUT2D eigenvalue weighted by atomic mass is 19.3. The molecule has 0 bridgehead atoms. The van der Waals surface area contributed by atoms with Crippen molar-refractivity contribution in [3.63, 3.8) is 0 Å². The van der Waals surface area contributed by atoms with Gasteiger partial charge in [-0.05, 0) is 38.7 Å². The number of hydrogen-bond donors (Lipinski definition) is 1. The number of aliphatic hydroxyl groups is 1. The Hall–Kier alpha value is -1.22. The lowest BCUT2D eigenvalue weighted by atomic mass is 9.99. The zero-order chi connectivity index (χ0) is 13.3. The van der Waals surface area contributed by atoms with Gasteiger partial charge in [-0.1, -0.05) is 35.4 Å². The van der Waals surface area contributed by atoms with Crippen LogP contribution in [0.2, 0.25) is 0 Å². The average Bonchev–Trinajstić information content (AvgIpc) is 3.13. The summed E-state index contributed by atoms with van der Waals surface area (Å²) in [5.41, 5.74) is 3.76. The monoisotopic (exact) mass is 252 g/mol. The molecule has 1 saturated carbocycles. The van der Waals surface area contributed by atoms with Crippen molar-refractivity contribution in [2.24, 2.45) is 0 Å². The van der Waals surface area contributed by atoms with Gasteiger partial charge >= 0.3 is 0 Å². The van der Waals surface area contributed by atoms with E-state index in [2.05, 4.69) is 6.92 Å². The van der Waals surface area contributed by atoms with Crippen molar-refractivity contribution in [1.29, 1.82) is 0 Å². The fraction of sp³-hybridized carbons (Fsp3) is 0.467. The van der Waals surface area contributed by atoms with Crippen LogP contribution in [0.3, 0.4) is 0 Å². The number of benzene rings is 1. The third kappa shape index (κ3) is 2.78. The summed E-state index contributed by atoms with van der Waals surface area (Å²) >= 11 is 0. The molecule has 2 rings (SSSR count). The molecule has 18 heavy (non-hydrogen) atoms. The Morgan fingerprint density at radius 2 is 1.83 bits per heavy atom. The molecule has 0 radical (unpaired) electrons. The summed E-state index contributed by atoms with van der Waals surface area (Å²) in [6.07, 6.45) is 1.53. The number of rotatable bonds is 4. The first-order valence-corrected chi connectivity index (χ1v) is 6.24. The minimum Gasteiger partial charge on any atom is -0.387 e. The van der Waals surface area contributed by atoms with E-state index < -0.39 is 12.0 Å². The highest BCUT2D eigenvalue weighted by Crippen LogP contribution is 2.34. The Morgan fingerprint density at radius 3 is 2.28 bits per heavy atom. The molecule has 1 nitrogen and oxygen atoms in total. The van der Waals surface area contributed by atoms with Crippen molar-refractivity contribution < 1.29 is 13.9 Å². The molecule has 0 aromatic heterocycles. The van der Waals surface area contributed by atoms with Gasteiger partial charge in [0.1, 0.15) is 6.10 Å². The van der Waals surface area contributed by atoms with Crippen molar-refractivity contribution in [1.82, 2.24) is 0 Å². The van der Waals surface area contributed by atoms with E-state index in [1.165, 1.54) is 36.1 Å². The van der Waals surface area contributed by atoms with Crippen LogP contribution in [-0.4, -0.2) is 11.2 Å². The van der Waals surface area contributed by atoms with Crippen LogP contribution < -0.4 is 0 Å². The van der Waals surface area contributed by atoms with Crippen molar-refractivity contribution in [2.75, 3.05) is 0 Å². The van der Waals surface area contributed by atoms with E-state index in [-0.39, 0.29) is 5.56 Å². The molecule has 1 atom stereocenters. The Morgan fingerprint density at radius 1 is 1.28 bits per heavy atom. The second-order valence-corrected chi connectivity index (χ2v) is 5.06. The number of aliphatic hydroxyl groups excluding tert-OH is 1. The predicted octanol–water partition coefficient (Wildman–Crippen LogP) is 3.81. The van der Waals surface area contributed by atoms with Crippen LogP contribution in [0, 0.1) is 0 Å². The molecule has 98 valence electrons. The highest BCUT2D eigenvalue weighted by molar-refractivity contribution is 5.32.